The number of fused-ring (bicyclic) bond motifs is 1. The van der Waals surface area contributed by atoms with E-state index in [1.807, 2.05) is 30.3 Å². The predicted molar refractivity (Wildman–Crippen MR) is 132 cm³/mol. The van der Waals surface area contributed by atoms with Crippen molar-refractivity contribution in [2.75, 3.05) is 20.2 Å². The van der Waals surface area contributed by atoms with Gasteiger partial charge in [-0.05, 0) is 72.5 Å². The quantitative estimate of drug-likeness (QED) is 0.435. The molecule has 7 heteroatoms. The average Bonchev–Trinajstić information content (AvgIpc) is 3.52. The van der Waals surface area contributed by atoms with Crippen LogP contribution in [0.2, 0.25) is 0 Å². The van der Waals surface area contributed by atoms with Gasteiger partial charge in [-0.3, -0.25) is 9.59 Å². The van der Waals surface area contributed by atoms with Gasteiger partial charge in [0, 0.05) is 30.1 Å². The van der Waals surface area contributed by atoms with Crippen molar-refractivity contribution in [2.45, 2.75) is 18.9 Å². The van der Waals surface area contributed by atoms with Crippen molar-refractivity contribution in [1.29, 1.82) is 0 Å². The maximum absolute atomic E-state index is 13.5. The molecule has 1 aromatic heterocycles. The molecule has 1 atom stereocenters. The van der Waals surface area contributed by atoms with Gasteiger partial charge in [-0.1, -0.05) is 18.2 Å². The topological polar surface area (TPSA) is 82.8 Å². The monoisotopic (exact) mass is 472 g/mol. The number of hydrogen-bond donors (Lipinski definition) is 2. The number of benzene rings is 3. The highest BCUT2D eigenvalue weighted by Crippen LogP contribution is 2.36. The minimum Gasteiger partial charge on any atom is -0.455 e. The summed E-state index contributed by atoms with van der Waals surface area (Å²) in [4.78, 5) is 27.7. The van der Waals surface area contributed by atoms with Crippen LogP contribution in [-0.2, 0) is 0 Å². The predicted octanol–water partition coefficient (Wildman–Crippen LogP) is 4.86. The van der Waals surface area contributed by atoms with Crippen molar-refractivity contribution >= 4 is 22.8 Å². The third kappa shape index (κ3) is 4.19. The van der Waals surface area contributed by atoms with E-state index in [0.29, 0.717) is 40.0 Å². The normalized spacial score (nSPS) is 15.5. The standard InChI is InChI=1S/C28H25FN2O4/c1-30-27(33)25-23-15-19(9-12-24(23)35-26(25)17-7-10-21(29)11-8-17)18-4-2-5-20(14-18)28(34)31-13-3-6-22(31)16-32/h2,4-5,7-12,14-15,22,32H,3,6,13,16H2,1H3,(H,30,33)/t22-/m0/s1. The fourth-order valence-electron chi connectivity index (χ4n) is 4.72. The number of likely N-dealkylation sites (tertiary alicyclic amines) is 1. The molecule has 0 saturated carbocycles. The van der Waals surface area contributed by atoms with E-state index in [2.05, 4.69) is 5.32 Å². The first-order valence-corrected chi connectivity index (χ1v) is 11.6. The molecule has 5 rings (SSSR count). The number of carbonyl (C=O) groups is 2. The van der Waals surface area contributed by atoms with Gasteiger partial charge >= 0.3 is 0 Å². The summed E-state index contributed by atoms with van der Waals surface area (Å²) in [6, 6.07) is 18.5. The molecule has 1 aliphatic heterocycles. The van der Waals surface area contributed by atoms with Crippen LogP contribution in [0.1, 0.15) is 33.6 Å². The summed E-state index contributed by atoms with van der Waals surface area (Å²) >= 11 is 0. The Morgan fingerprint density at radius 1 is 1.06 bits per heavy atom. The molecule has 0 aliphatic carbocycles. The molecule has 2 N–H and O–H groups in total. The van der Waals surface area contributed by atoms with Gasteiger partial charge in [0.05, 0.1) is 18.2 Å². The molecule has 178 valence electrons. The van der Waals surface area contributed by atoms with Gasteiger partial charge in [0.2, 0.25) is 0 Å². The summed E-state index contributed by atoms with van der Waals surface area (Å²) in [6.45, 7) is 0.595. The summed E-state index contributed by atoms with van der Waals surface area (Å²) in [5.41, 5.74) is 3.69. The maximum atomic E-state index is 13.5. The molecule has 1 fully saturated rings. The molecule has 2 amide bonds. The largest absolute Gasteiger partial charge is 0.455 e. The highest BCUT2D eigenvalue weighted by molar-refractivity contribution is 6.11. The van der Waals surface area contributed by atoms with Crippen LogP contribution in [0.25, 0.3) is 33.4 Å². The Bertz CT molecular complexity index is 1410. The number of nitrogens with one attached hydrogen (secondary N) is 1. The fraction of sp³-hybridized carbons (Fsp3) is 0.214. The van der Waals surface area contributed by atoms with E-state index in [4.69, 9.17) is 4.42 Å². The van der Waals surface area contributed by atoms with E-state index in [9.17, 15) is 19.1 Å². The molecule has 3 aromatic carbocycles. The first-order chi connectivity index (χ1) is 17.0. The van der Waals surface area contributed by atoms with Crippen molar-refractivity contribution < 1.29 is 23.5 Å². The molecule has 0 unspecified atom stereocenters. The summed E-state index contributed by atoms with van der Waals surface area (Å²) in [5.74, 6) is -0.419. The van der Waals surface area contributed by atoms with Crippen LogP contribution in [0.4, 0.5) is 4.39 Å². The summed E-state index contributed by atoms with van der Waals surface area (Å²) in [6.07, 6.45) is 1.68. The fourth-order valence-corrected chi connectivity index (χ4v) is 4.72. The average molecular weight is 473 g/mol. The van der Waals surface area contributed by atoms with Gasteiger partial charge in [-0.2, -0.15) is 0 Å². The van der Waals surface area contributed by atoms with Crippen molar-refractivity contribution in [3.8, 4) is 22.5 Å². The Hall–Kier alpha value is -3.97. The van der Waals surface area contributed by atoms with E-state index in [0.717, 1.165) is 24.0 Å². The number of carbonyl (C=O) groups excluding carboxylic acids is 2. The first-order valence-electron chi connectivity index (χ1n) is 11.6. The summed E-state index contributed by atoms with van der Waals surface area (Å²) in [7, 11) is 1.55. The van der Waals surface area contributed by atoms with Crippen LogP contribution in [0.15, 0.2) is 71.1 Å². The number of aliphatic hydroxyl groups is 1. The molecule has 0 bridgehead atoms. The number of nitrogens with zero attached hydrogens (tertiary/aromatic N) is 1. The van der Waals surface area contributed by atoms with Gasteiger partial charge in [-0.15, -0.1) is 0 Å². The Morgan fingerprint density at radius 3 is 2.54 bits per heavy atom. The number of aliphatic hydroxyl groups excluding tert-OH is 1. The molecular weight excluding hydrogens is 447 g/mol. The smallest absolute Gasteiger partial charge is 0.255 e. The number of rotatable bonds is 5. The lowest BCUT2D eigenvalue weighted by Gasteiger charge is -2.23. The molecule has 35 heavy (non-hydrogen) atoms. The van der Waals surface area contributed by atoms with Gasteiger partial charge < -0.3 is 19.7 Å². The van der Waals surface area contributed by atoms with E-state index in [1.165, 1.54) is 12.1 Å². The molecular formula is C28H25FN2O4. The molecule has 2 heterocycles. The molecule has 6 nitrogen and oxygen atoms in total. The molecule has 4 aromatic rings. The van der Waals surface area contributed by atoms with Crippen LogP contribution in [-0.4, -0.2) is 48.1 Å². The summed E-state index contributed by atoms with van der Waals surface area (Å²) < 4.78 is 19.5. The molecule has 0 spiro atoms. The lowest BCUT2D eigenvalue weighted by Crippen LogP contribution is -2.37. The van der Waals surface area contributed by atoms with Crippen molar-refractivity contribution in [2.24, 2.45) is 0 Å². The van der Waals surface area contributed by atoms with Gasteiger partial charge in [-0.25, -0.2) is 4.39 Å². The SMILES string of the molecule is CNC(=O)c1c(-c2ccc(F)cc2)oc2ccc(-c3cccc(C(=O)N4CCC[C@H]4CO)c3)cc12. The molecule has 1 aliphatic rings. The Morgan fingerprint density at radius 2 is 1.80 bits per heavy atom. The van der Waals surface area contributed by atoms with E-state index in [1.54, 1.807) is 36.2 Å². The lowest BCUT2D eigenvalue weighted by molar-refractivity contribution is 0.0677. The van der Waals surface area contributed by atoms with Crippen molar-refractivity contribution in [3.05, 3.63) is 83.7 Å². The maximum Gasteiger partial charge on any atom is 0.255 e. The third-order valence-electron chi connectivity index (χ3n) is 6.54. The highest BCUT2D eigenvalue weighted by atomic mass is 19.1. The van der Waals surface area contributed by atoms with E-state index < -0.39 is 0 Å². The second-order valence-corrected chi connectivity index (χ2v) is 8.66. The number of furan rings is 1. The van der Waals surface area contributed by atoms with Gasteiger partial charge in [0.15, 0.2) is 0 Å². The number of hydrogen-bond acceptors (Lipinski definition) is 4. The zero-order valence-electron chi connectivity index (χ0n) is 19.3. The zero-order valence-corrected chi connectivity index (χ0v) is 19.3. The second kappa shape index (κ2) is 9.35. The Labute approximate surface area is 202 Å². The van der Waals surface area contributed by atoms with Gasteiger partial charge in [0.25, 0.3) is 11.8 Å². The van der Waals surface area contributed by atoms with Crippen molar-refractivity contribution in [3.63, 3.8) is 0 Å². The van der Waals surface area contributed by atoms with Crippen LogP contribution in [0.3, 0.4) is 0 Å². The van der Waals surface area contributed by atoms with E-state index >= 15 is 0 Å². The number of halogens is 1. The zero-order chi connectivity index (χ0) is 24.5. The van der Waals surface area contributed by atoms with E-state index in [-0.39, 0.29) is 30.3 Å². The van der Waals surface area contributed by atoms with Crippen LogP contribution >= 0.6 is 0 Å². The van der Waals surface area contributed by atoms with Gasteiger partial charge in [0.1, 0.15) is 17.2 Å². The molecule has 0 radical (unpaired) electrons. The lowest BCUT2D eigenvalue weighted by atomic mass is 9.98. The minimum absolute atomic E-state index is 0.0404. The van der Waals surface area contributed by atoms with Crippen molar-refractivity contribution in [1.82, 2.24) is 10.2 Å². The minimum atomic E-state index is -0.373. The van der Waals surface area contributed by atoms with Crippen LogP contribution in [0.5, 0.6) is 0 Å². The number of amides is 2. The Kier molecular flexibility index (Phi) is 6.09. The van der Waals surface area contributed by atoms with Crippen LogP contribution in [0, 0.1) is 5.82 Å². The second-order valence-electron chi connectivity index (χ2n) is 8.66. The molecule has 1 saturated heterocycles. The third-order valence-corrected chi connectivity index (χ3v) is 6.54. The first kappa shape index (κ1) is 22.8. The Balaban J connectivity index is 1.57. The highest BCUT2D eigenvalue weighted by Gasteiger charge is 2.29. The van der Waals surface area contributed by atoms with Crippen LogP contribution < -0.4 is 5.32 Å². The summed E-state index contributed by atoms with van der Waals surface area (Å²) in [5, 5.41) is 12.9.